The second-order valence-electron chi connectivity index (χ2n) is 7.04. The molecule has 2 rings (SSSR count). The second-order valence-corrected chi connectivity index (χ2v) is 7.04. The van der Waals surface area contributed by atoms with Gasteiger partial charge in [-0.25, -0.2) is 4.79 Å². The molecule has 1 saturated carbocycles. The Morgan fingerprint density at radius 1 is 1.19 bits per heavy atom. The zero-order valence-corrected chi connectivity index (χ0v) is 16.7. The lowest BCUT2D eigenvalue weighted by atomic mass is 9.96. The van der Waals surface area contributed by atoms with Crippen LogP contribution in [-0.4, -0.2) is 50.2 Å². The summed E-state index contributed by atoms with van der Waals surface area (Å²) < 4.78 is 10.8. The molecule has 150 valence electrons. The minimum absolute atomic E-state index is 0.167. The van der Waals surface area contributed by atoms with Crippen LogP contribution >= 0.6 is 0 Å². The average molecular weight is 377 g/mol. The van der Waals surface area contributed by atoms with Crippen molar-refractivity contribution in [1.29, 1.82) is 0 Å². The molecular weight excluding hydrogens is 346 g/mol. The van der Waals surface area contributed by atoms with Crippen LogP contribution in [0, 0.1) is 0 Å². The number of nitrogens with zero attached hydrogens (tertiary/aromatic N) is 1. The maximum atomic E-state index is 12.4. The first-order valence-electron chi connectivity index (χ1n) is 9.47. The lowest BCUT2D eigenvalue weighted by Crippen LogP contribution is -2.50. The fourth-order valence-corrected chi connectivity index (χ4v) is 3.37. The number of carbonyl (C=O) groups is 2. The Bertz CT molecular complexity index is 644. The fourth-order valence-electron chi connectivity index (χ4n) is 3.37. The Kier molecular flexibility index (Phi) is 7.91. The first kappa shape index (κ1) is 21.0. The number of likely N-dealkylation sites (N-methyl/N-ethyl adjacent to an activating group) is 1. The molecule has 1 aliphatic carbocycles. The Hall–Kier alpha value is -2.28. The standard InChI is InChI=1S/C20H31N3O4/c1-14(19(24)22-20(25)21-16-10-6-5-7-11-16)23(2)13-15-9-8-12-17(26-3)18(15)27-4/h8-9,12,14,16H,5-7,10-11,13H2,1-4H3,(H2,21,22,24,25)/t14-/m0/s1. The highest BCUT2D eigenvalue weighted by Crippen LogP contribution is 2.31. The van der Waals surface area contributed by atoms with Crippen molar-refractivity contribution < 1.29 is 19.1 Å². The van der Waals surface area contributed by atoms with Gasteiger partial charge in [-0.15, -0.1) is 0 Å². The van der Waals surface area contributed by atoms with E-state index < -0.39 is 12.1 Å². The van der Waals surface area contributed by atoms with Crippen LogP contribution in [-0.2, 0) is 11.3 Å². The van der Waals surface area contributed by atoms with E-state index in [0.29, 0.717) is 18.0 Å². The third kappa shape index (κ3) is 5.85. The van der Waals surface area contributed by atoms with Crippen molar-refractivity contribution in [1.82, 2.24) is 15.5 Å². The number of hydrogen-bond acceptors (Lipinski definition) is 5. The number of urea groups is 1. The van der Waals surface area contributed by atoms with E-state index in [4.69, 9.17) is 9.47 Å². The van der Waals surface area contributed by atoms with Gasteiger partial charge in [0.25, 0.3) is 0 Å². The van der Waals surface area contributed by atoms with Crippen LogP contribution in [0.15, 0.2) is 18.2 Å². The van der Waals surface area contributed by atoms with E-state index in [1.807, 2.05) is 30.1 Å². The SMILES string of the molecule is COc1cccc(CN(C)[C@@H](C)C(=O)NC(=O)NC2CCCCC2)c1OC. The van der Waals surface area contributed by atoms with Gasteiger partial charge >= 0.3 is 6.03 Å². The highest BCUT2D eigenvalue weighted by molar-refractivity contribution is 5.96. The Balaban J connectivity index is 1.91. The lowest BCUT2D eigenvalue weighted by molar-refractivity contribution is -0.124. The first-order valence-corrected chi connectivity index (χ1v) is 9.47. The number of methoxy groups -OCH3 is 2. The van der Waals surface area contributed by atoms with Crippen molar-refractivity contribution in [3.05, 3.63) is 23.8 Å². The normalized spacial score (nSPS) is 15.9. The molecule has 1 aromatic rings. The number of ether oxygens (including phenoxy) is 2. The van der Waals surface area contributed by atoms with Crippen LogP contribution in [0.1, 0.15) is 44.6 Å². The number of hydrogen-bond donors (Lipinski definition) is 2. The van der Waals surface area contributed by atoms with Crippen molar-refractivity contribution in [2.24, 2.45) is 0 Å². The van der Waals surface area contributed by atoms with Crippen LogP contribution < -0.4 is 20.1 Å². The lowest BCUT2D eigenvalue weighted by Gasteiger charge is -2.26. The topological polar surface area (TPSA) is 79.9 Å². The van der Waals surface area contributed by atoms with Gasteiger partial charge in [0.05, 0.1) is 20.3 Å². The van der Waals surface area contributed by atoms with E-state index in [0.717, 1.165) is 31.2 Å². The molecule has 0 bridgehead atoms. The molecule has 1 atom stereocenters. The number of benzene rings is 1. The monoisotopic (exact) mass is 377 g/mol. The van der Waals surface area contributed by atoms with Crippen molar-refractivity contribution in [3.63, 3.8) is 0 Å². The van der Waals surface area contributed by atoms with Crippen LogP contribution in [0.2, 0.25) is 0 Å². The van der Waals surface area contributed by atoms with Gasteiger partial charge in [-0.05, 0) is 32.9 Å². The largest absolute Gasteiger partial charge is 0.493 e. The number of para-hydroxylation sites is 1. The molecule has 0 spiro atoms. The predicted octanol–water partition coefficient (Wildman–Crippen LogP) is 2.68. The summed E-state index contributed by atoms with van der Waals surface area (Å²) >= 11 is 0. The summed E-state index contributed by atoms with van der Waals surface area (Å²) in [5.41, 5.74) is 0.908. The van der Waals surface area contributed by atoms with E-state index in [-0.39, 0.29) is 11.9 Å². The van der Waals surface area contributed by atoms with Gasteiger partial charge in [-0.3, -0.25) is 15.0 Å². The van der Waals surface area contributed by atoms with E-state index in [2.05, 4.69) is 10.6 Å². The van der Waals surface area contributed by atoms with E-state index >= 15 is 0 Å². The van der Waals surface area contributed by atoms with E-state index in [1.54, 1.807) is 21.1 Å². The molecule has 0 aliphatic heterocycles. The van der Waals surface area contributed by atoms with Gasteiger partial charge in [0, 0.05) is 18.2 Å². The number of nitrogens with one attached hydrogen (secondary N) is 2. The average Bonchev–Trinajstić information content (AvgIpc) is 2.67. The minimum Gasteiger partial charge on any atom is -0.493 e. The van der Waals surface area contributed by atoms with Gasteiger partial charge in [-0.2, -0.15) is 0 Å². The highest BCUT2D eigenvalue weighted by atomic mass is 16.5. The summed E-state index contributed by atoms with van der Waals surface area (Å²) in [5.74, 6) is 0.967. The number of imide groups is 1. The molecule has 2 N–H and O–H groups in total. The number of rotatable bonds is 7. The first-order chi connectivity index (χ1) is 13.0. The quantitative estimate of drug-likeness (QED) is 0.764. The summed E-state index contributed by atoms with van der Waals surface area (Å²) in [5, 5.41) is 5.36. The number of amides is 3. The third-order valence-corrected chi connectivity index (χ3v) is 5.12. The molecule has 0 heterocycles. The molecule has 27 heavy (non-hydrogen) atoms. The highest BCUT2D eigenvalue weighted by Gasteiger charge is 2.23. The van der Waals surface area contributed by atoms with Crippen molar-refractivity contribution in [2.45, 2.75) is 57.7 Å². The van der Waals surface area contributed by atoms with Crippen molar-refractivity contribution in [2.75, 3.05) is 21.3 Å². The summed E-state index contributed by atoms with van der Waals surface area (Å²) in [4.78, 5) is 26.4. The number of carbonyl (C=O) groups excluding carboxylic acids is 2. The van der Waals surface area contributed by atoms with Crippen LogP contribution in [0.3, 0.4) is 0 Å². The molecule has 1 fully saturated rings. The molecule has 0 unspecified atom stereocenters. The zero-order valence-electron chi connectivity index (χ0n) is 16.7. The molecule has 1 aliphatic rings. The molecule has 7 heteroatoms. The van der Waals surface area contributed by atoms with Crippen LogP contribution in [0.25, 0.3) is 0 Å². The smallest absolute Gasteiger partial charge is 0.321 e. The molecule has 7 nitrogen and oxygen atoms in total. The van der Waals surface area contributed by atoms with E-state index in [9.17, 15) is 9.59 Å². The Morgan fingerprint density at radius 3 is 2.52 bits per heavy atom. The van der Waals surface area contributed by atoms with Crippen molar-refractivity contribution >= 4 is 11.9 Å². The molecule has 0 saturated heterocycles. The Labute approximate surface area is 161 Å². The Morgan fingerprint density at radius 2 is 1.89 bits per heavy atom. The molecule has 0 radical (unpaired) electrons. The summed E-state index contributed by atoms with van der Waals surface area (Å²) in [6.07, 6.45) is 5.43. The third-order valence-electron chi connectivity index (χ3n) is 5.12. The predicted molar refractivity (Wildman–Crippen MR) is 104 cm³/mol. The zero-order chi connectivity index (χ0) is 19.8. The van der Waals surface area contributed by atoms with E-state index in [1.165, 1.54) is 6.42 Å². The maximum Gasteiger partial charge on any atom is 0.321 e. The molecule has 3 amide bonds. The van der Waals surface area contributed by atoms with Gasteiger partial charge in [-0.1, -0.05) is 31.4 Å². The summed E-state index contributed by atoms with van der Waals surface area (Å²) in [6, 6.07) is 4.92. The minimum atomic E-state index is -0.474. The summed E-state index contributed by atoms with van der Waals surface area (Å²) in [6.45, 7) is 2.26. The molecule has 0 aromatic heterocycles. The molecular formula is C20H31N3O4. The van der Waals surface area contributed by atoms with Gasteiger partial charge in [0.2, 0.25) is 5.91 Å². The van der Waals surface area contributed by atoms with Crippen LogP contribution in [0.4, 0.5) is 4.79 Å². The fraction of sp³-hybridized carbons (Fsp3) is 0.600. The second kappa shape index (κ2) is 10.2. The van der Waals surface area contributed by atoms with Gasteiger partial charge in [0.1, 0.15) is 0 Å². The van der Waals surface area contributed by atoms with Crippen molar-refractivity contribution in [3.8, 4) is 11.5 Å². The maximum absolute atomic E-state index is 12.4. The van der Waals surface area contributed by atoms with Crippen LogP contribution in [0.5, 0.6) is 11.5 Å². The van der Waals surface area contributed by atoms with Gasteiger partial charge in [0.15, 0.2) is 11.5 Å². The van der Waals surface area contributed by atoms with Gasteiger partial charge < -0.3 is 14.8 Å². The molecule has 1 aromatic carbocycles. The summed E-state index contributed by atoms with van der Waals surface area (Å²) in [7, 11) is 5.02.